The Morgan fingerprint density at radius 1 is 1.44 bits per heavy atom. The van der Waals surface area contributed by atoms with Crippen molar-refractivity contribution in [3.63, 3.8) is 0 Å². The molecule has 104 valence electrons. The van der Waals surface area contributed by atoms with Crippen molar-refractivity contribution < 1.29 is 13.2 Å². The molecule has 0 heterocycles. The van der Waals surface area contributed by atoms with Gasteiger partial charge in [-0.25, -0.2) is 13.1 Å². The van der Waals surface area contributed by atoms with E-state index in [0.29, 0.717) is 11.3 Å². The molecule has 0 saturated carbocycles. The highest BCUT2D eigenvalue weighted by Gasteiger charge is 2.14. The molecule has 5 nitrogen and oxygen atoms in total. The Kier molecular flexibility index (Phi) is 7.23. The molecule has 3 N–H and O–H groups in total. The summed E-state index contributed by atoms with van der Waals surface area (Å²) in [6.07, 6.45) is 0. The third-order valence-corrected chi connectivity index (χ3v) is 3.70. The fraction of sp³-hybridized carbons (Fsp3) is 0.455. The Bertz CT molecular complexity index is 465. The topological polar surface area (TPSA) is 81.4 Å². The summed E-state index contributed by atoms with van der Waals surface area (Å²) < 4.78 is 31.1. The summed E-state index contributed by atoms with van der Waals surface area (Å²) in [6.45, 7) is 2.00. The molecule has 1 aromatic carbocycles. The lowest BCUT2D eigenvalue weighted by Gasteiger charge is -2.12. The molecule has 0 aromatic heterocycles. The van der Waals surface area contributed by atoms with E-state index in [1.807, 2.05) is 0 Å². The third-order valence-electron chi connectivity index (χ3n) is 2.23. The maximum atomic E-state index is 11.8. The first-order valence-electron chi connectivity index (χ1n) is 5.30. The van der Waals surface area contributed by atoms with E-state index in [1.165, 1.54) is 0 Å². The third kappa shape index (κ3) is 5.68. The highest BCUT2D eigenvalue weighted by molar-refractivity contribution is 7.88. The highest BCUT2D eigenvalue weighted by Crippen LogP contribution is 2.14. The average Bonchev–Trinajstić information content (AvgIpc) is 2.27. The fourth-order valence-electron chi connectivity index (χ4n) is 1.38. The van der Waals surface area contributed by atoms with Crippen molar-refractivity contribution in [2.45, 2.75) is 18.7 Å². The monoisotopic (exact) mass is 294 g/mol. The zero-order chi connectivity index (χ0) is 12.9. The van der Waals surface area contributed by atoms with E-state index in [0.717, 1.165) is 0 Å². The smallest absolute Gasteiger partial charge is 0.216 e. The predicted molar refractivity (Wildman–Crippen MR) is 74.5 cm³/mol. The van der Waals surface area contributed by atoms with Gasteiger partial charge in [0.15, 0.2) is 0 Å². The number of methoxy groups -OCH3 is 1. The van der Waals surface area contributed by atoms with Gasteiger partial charge in [-0.05, 0) is 24.6 Å². The zero-order valence-electron chi connectivity index (χ0n) is 10.4. The van der Waals surface area contributed by atoms with Crippen LogP contribution in [-0.4, -0.2) is 28.1 Å². The van der Waals surface area contributed by atoms with Crippen LogP contribution in [0.3, 0.4) is 0 Å². The second kappa shape index (κ2) is 7.58. The molecular weight excluding hydrogens is 276 g/mol. The quantitative estimate of drug-likeness (QED) is 0.816. The largest absolute Gasteiger partial charge is 0.497 e. The average molecular weight is 295 g/mol. The normalized spacial score (nSPS) is 12.6. The second-order valence-corrected chi connectivity index (χ2v) is 5.62. The summed E-state index contributed by atoms with van der Waals surface area (Å²) in [5.74, 6) is 0.568. The molecule has 0 spiro atoms. The summed E-state index contributed by atoms with van der Waals surface area (Å²) in [7, 11) is -1.81. The summed E-state index contributed by atoms with van der Waals surface area (Å²) in [6, 6.07) is 6.72. The summed E-state index contributed by atoms with van der Waals surface area (Å²) >= 11 is 0. The van der Waals surface area contributed by atoms with Crippen LogP contribution in [0, 0.1) is 0 Å². The van der Waals surface area contributed by atoms with Crippen LogP contribution in [-0.2, 0) is 15.8 Å². The van der Waals surface area contributed by atoms with E-state index in [2.05, 4.69) is 4.72 Å². The van der Waals surface area contributed by atoms with Gasteiger partial charge in [0, 0.05) is 12.6 Å². The van der Waals surface area contributed by atoms with E-state index in [-0.39, 0.29) is 30.7 Å². The first-order valence-corrected chi connectivity index (χ1v) is 6.95. The number of nitrogens with two attached hydrogens (primary N) is 1. The lowest BCUT2D eigenvalue weighted by molar-refractivity contribution is 0.414. The van der Waals surface area contributed by atoms with Crippen molar-refractivity contribution >= 4 is 22.4 Å². The Morgan fingerprint density at radius 3 is 2.67 bits per heavy atom. The number of benzene rings is 1. The SMILES string of the molecule is COc1cccc(CS(=O)(=O)N[C@@H](C)CN)c1.Cl. The number of hydrogen-bond acceptors (Lipinski definition) is 4. The molecule has 1 aromatic rings. The van der Waals surface area contributed by atoms with Crippen LogP contribution in [0.15, 0.2) is 24.3 Å². The standard InChI is InChI=1S/C11H18N2O3S.ClH/c1-9(7-12)13-17(14,15)8-10-4-3-5-11(6-10)16-2;/h3-6,9,13H,7-8,12H2,1-2H3;1H/t9-;/m0./s1. The van der Waals surface area contributed by atoms with Crippen LogP contribution in [0.4, 0.5) is 0 Å². The molecule has 0 fully saturated rings. The van der Waals surface area contributed by atoms with Crippen molar-refractivity contribution in [3.8, 4) is 5.75 Å². The van der Waals surface area contributed by atoms with Gasteiger partial charge in [-0.2, -0.15) is 0 Å². The highest BCUT2D eigenvalue weighted by atomic mass is 35.5. The Hall–Kier alpha value is -0.820. The van der Waals surface area contributed by atoms with Crippen LogP contribution in [0.25, 0.3) is 0 Å². The minimum absolute atomic E-state index is 0. The van der Waals surface area contributed by atoms with Crippen LogP contribution in [0.1, 0.15) is 12.5 Å². The minimum Gasteiger partial charge on any atom is -0.497 e. The van der Waals surface area contributed by atoms with Gasteiger partial charge in [0.2, 0.25) is 10.0 Å². The van der Waals surface area contributed by atoms with Gasteiger partial charge in [-0.1, -0.05) is 12.1 Å². The number of halogens is 1. The van der Waals surface area contributed by atoms with Crippen molar-refractivity contribution in [1.82, 2.24) is 4.72 Å². The maximum Gasteiger partial charge on any atom is 0.216 e. The molecule has 0 amide bonds. The van der Waals surface area contributed by atoms with E-state index in [1.54, 1.807) is 38.3 Å². The summed E-state index contributed by atoms with van der Waals surface area (Å²) in [4.78, 5) is 0. The van der Waals surface area contributed by atoms with Crippen LogP contribution in [0.2, 0.25) is 0 Å². The Morgan fingerprint density at radius 2 is 2.11 bits per heavy atom. The lowest BCUT2D eigenvalue weighted by Crippen LogP contribution is -2.38. The Balaban J connectivity index is 0.00000289. The summed E-state index contributed by atoms with van der Waals surface area (Å²) in [5.41, 5.74) is 6.05. The van der Waals surface area contributed by atoms with E-state index in [9.17, 15) is 8.42 Å². The molecule has 7 heteroatoms. The minimum atomic E-state index is -3.36. The van der Waals surface area contributed by atoms with Gasteiger partial charge in [-0.3, -0.25) is 0 Å². The number of sulfonamides is 1. The molecule has 0 aliphatic heterocycles. The number of nitrogens with one attached hydrogen (secondary N) is 1. The first-order chi connectivity index (χ1) is 7.96. The fourth-order valence-corrected chi connectivity index (χ4v) is 2.79. The summed E-state index contributed by atoms with van der Waals surface area (Å²) in [5, 5.41) is 0. The molecule has 0 bridgehead atoms. The van der Waals surface area contributed by atoms with E-state index >= 15 is 0 Å². The van der Waals surface area contributed by atoms with E-state index < -0.39 is 10.0 Å². The lowest BCUT2D eigenvalue weighted by atomic mass is 10.2. The van der Waals surface area contributed by atoms with Gasteiger partial charge in [0.05, 0.1) is 12.9 Å². The van der Waals surface area contributed by atoms with Gasteiger partial charge in [0.25, 0.3) is 0 Å². The molecule has 0 saturated heterocycles. The molecule has 1 atom stereocenters. The molecule has 0 unspecified atom stereocenters. The van der Waals surface area contributed by atoms with Gasteiger partial charge in [-0.15, -0.1) is 12.4 Å². The van der Waals surface area contributed by atoms with Crippen molar-refractivity contribution in [3.05, 3.63) is 29.8 Å². The first kappa shape index (κ1) is 17.2. The maximum absolute atomic E-state index is 11.8. The van der Waals surface area contributed by atoms with E-state index in [4.69, 9.17) is 10.5 Å². The van der Waals surface area contributed by atoms with Crippen molar-refractivity contribution in [2.75, 3.05) is 13.7 Å². The number of hydrogen-bond donors (Lipinski definition) is 2. The Labute approximate surface area is 114 Å². The van der Waals surface area contributed by atoms with Crippen molar-refractivity contribution in [1.29, 1.82) is 0 Å². The second-order valence-electron chi connectivity index (χ2n) is 3.87. The van der Waals surface area contributed by atoms with Gasteiger partial charge in [0.1, 0.15) is 5.75 Å². The van der Waals surface area contributed by atoms with Crippen LogP contribution < -0.4 is 15.2 Å². The van der Waals surface area contributed by atoms with Gasteiger partial charge >= 0.3 is 0 Å². The molecule has 18 heavy (non-hydrogen) atoms. The molecule has 1 rings (SSSR count). The predicted octanol–water partition coefficient (Wildman–Crippen LogP) is 0.884. The van der Waals surface area contributed by atoms with Crippen molar-refractivity contribution in [2.24, 2.45) is 5.73 Å². The molecule has 0 radical (unpaired) electrons. The van der Waals surface area contributed by atoms with Gasteiger partial charge < -0.3 is 10.5 Å². The van der Waals surface area contributed by atoms with Crippen LogP contribution >= 0.6 is 12.4 Å². The molecule has 0 aliphatic rings. The zero-order valence-corrected chi connectivity index (χ0v) is 12.1. The molecule has 0 aliphatic carbocycles. The molecular formula is C11H19ClN2O3S. The number of rotatable bonds is 6. The number of ether oxygens (including phenoxy) is 1. The van der Waals surface area contributed by atoms with Crippen LogP contribution in [0.5, 0.6) is 5.75 Å².